The molecule has 0 aromatic carbocycles. The first-order valence-electron chi connectivity index (χ1n) is 6.15. The van der Waals surface area contributed by atoms with E-state index in [2.05, 4.69) is 39.3 Å². The third-order valence-corrected chi connectivity index (χ3v) is 3.71. The Balaban J connectivity index is 1.82. The summed E-state index contributed by atoms with van der Waals surface area (Å²) in [5.41, 5.74) is 0. The van der Waals surface area contributed by atoms with Gasteiger partial charge in [0, 0.05) is 45.1 Å². The van der Waals surface area contributed by atoms with Crippen LogP contribution in [0.2, 0.25) is 0 Å². The number of aromatic nitrogens is 2. The van der Waals surface area contributed by atoms with Crippen LogP contribution in [0, 0.1) is 5.92 Å². The van der Waals surface area contributed by atoms with Crippen molar-refractivity contribution in [1.82, 2.24) is 14.9 Å². The van der Waals surface area contributed by atoms with E-state index in [1.807, 2.05) is 6.07 Å². The Kier molecular flexibility index (Phi) is 4.62. The molecule has 17 heavy (non-hydrogen) atoms. The second kappa shape index (κ2) is 6.21. The second-order valence-corrected chi connectivity index (χ2v) is 4.99. The van der Waals surface area contributed by atoms with Crippen LogP contribution < -0.4 is 4.90 Å². The molecule has 2 heterocycles. The van der Waals surface area contributed by atoms with Crippen LogP contribution in [-0.4, -0.2) is 53.3 Å². The molecule has 2 rings (SSSR count). The van der Waals surface area contributed by atoms with E-state index in [-0.39, 0.29) is 0 Å². The molecule has 5 heteroatoms. The van der Waals surface area contributed by atoms with Gasteiger partial charge in [-0.25, -0.2) is 9.97 Å². The molecule has 1 aromatic heterocycles. The quantitative estimate of drug-likeness (QED) is 0.815. The van der Waals surface area contributed by atoms with E-state index in [1.54, 1.807) is 12.4 Å². The van der Waals surface area contributed by atoms with Crippen molar-refractivity contribution < 1.29 is 0 Å². The Morgan fingerprint density at radius 3 is 2.47 bits per heavy atom. The lowest BCUT2D eigenvalue weighted by atomic mass is 10.2. The van der Waals surface area contributed by atoms with Crippen LogP contribution in [0.4, 0.5) is 5.95 Å². The predicted molar refractivity (Wildman–Crippen MR) is 73.7 cm³/mol. The summed E-state index contributed by atoms with van der Waals surface area (Å²) in [5, 5.41) is 0. The maximum absolute atomic E-state index is 4.33. The first-order chi connectivity index (χ1) is 8.29. The van der Waals surface area contributed by atoms with Crippen molar-refractivity contribution in [1.29, 1.82) is 0 Å². The molecule has 0 bridgehead atoms. The van der Waals surface area contributed by atoms with Gasteiger partial charge in [-0.2, -0.15) is 12.6 Å². The van der Waals surface area contributed by atoms with E-state index in [4.69, 9.17) is 0 Å². The van der Waals surface area contributed by atoms with Crippen molar-refractivity contribution in [2.45, 2.75) is 6.92 Å². The van der Waals surface area contributed by atoms with Crippen LogP contribution >= 0.6 is 12.6 Å². The van der Waals surface area contributed by atoms with Crippen LogP contribution in [0.3, 0.4) is 0 Å². The summed E-state index contributed by atoms with van der Waals surface area (Å²) in [6.07, 6.45) is 3.61. The van der Waals surface area contributed by atoms with Gasteiger partial charge in [0.2, 0.25) is 5.95 Å². The van der Waals surface area contributed by atoms with Crippen molar-refractivity contribution in [3.8, 4) is 0 Å². The van der Waals surface area contributed by atoms with Gasteiger partial charge in [-0.1, -0.05) is 6.92 Å². The first kappa shape index (κ1) is 12.6. The van der Waals surface area contributed by atoms with Crippen LogP contribution in [0.15, 0.2) is 18.5 Å². The van der Waals surface area contributed by atoms with Crippen molar-refractivity contribution in [2.24, 2.45) is 5.92 Å². The van der Waals surface area contributed by atoms with Gasteiger partial charge in [-0.15, -0.1) is 0 Å². The molecule has 0 N–H and O–H groups in total. The smallest absolute Gasteiger partial charge is 0.225 e. The maximum atomic E-state index is 4.33. The Morgan fingerprint density at radius 1 is 1.24 bits per heavy atom. The molecule has 0 spiro atoms. The monoisotopic (exact) mass is 252 g/mol. The highest BCUT2D eigenvalue weighted by Crippen LogP contribution is 2.11. The number of hydrogen-bond donors (Lipinski definition) is 1. The molecule has 1 aliphatic heterocycles. The molecular weight excluding hydrogens is 232 g/mol. The lowest BCUT2D eigenvalue weighted by Crippen LogP contribution is -2.48. The summed E-state index contributed by atoms with van der Waals surface area (Å²) in [6, 6.07) is 1.86. The summed E-state index contributed by atoms with van der Waals surface area (Å²) in [6.45, 7) is 7.62. The molecule has 1 fully saturated rings. The third-order valence-electron chi connectivity index (χ3n) is 3.09. The van der Waals surface area contributed by atoms with E-state index in [0.29, 0.717) is 5.92 Å². The van der Waals surface area contributed by atoms with Gasteiger partial charge in [-0.3, -0.25) is 4.90 Å². The number of thiol groups is 1. The highest BCUT2D eigenvalue weighted by atomic mass is 32.1. The minimum absolute atomic E-state index is 0.665. The summed E-state index contributed by atoms with van der Waals surface area (Å²) < 4.78 is 0. The van der Waals surface area contributed by atoms with Gasteiger partial charge in [0.05, 0.1) is 0 Å². The summed E-state index contributed by atoms with van der Waals surface area (Å²) >= 11 is 4.33. The highest BCUT2D eigenvalue weighted by molar-refractivity contribution is 7.80. The Labute approximate surface area is 108 Å². The number of anilines is 1. The Hall–Kier alpha value is -0.810. The number of piperazine rings is 1. The average molecular weight is 252 g/mol. The molecule has 0 aliphatic carbocycles. The Morgan fingerprint density at radius 2 is 1.88 bits per heavy atom. The molecule has 4 nitrogen and oxygen atoms in total. The Bertz CT molecular complexity index is 325. The molecule has 0 amide bonds. The first-order valence-corrected chi connectivity index (χ1v) is 6.78. The molecule has 1 aromatic rings. The normalized spacial score (nSPS) is 19.3. The third kappa shape index (κ3) is 3.57. The van der Waals surface area contributed by atoms with Gasteiger partial charge < -0.3 is 4.90 Å². The molecule has 1 aliphatic rings. The van der Waals surface area contributed by atoms with Gasteiger partial charge in [0.1, 0.15) is 0 Å². The van der Waals surface area contributed by atoms with Crippen molar-refractivity contribution in [3.05, 3.63) is 18.5 Å². The zero-order chi connectivity index (χ0) is 12.1. The van der Waals surface area contributed by atoms with Crippen LogP contribution in [-0.2, 0) is 0 Å². The molecule has 1 unspecified atom stereocenters. The molecular formula is C12H20N4S. The zero-order valence-corrected chi connectivity index (χ0v) is 11.2. The minimum Gasteiger partial charge on any atom is -0.338 e. The van der Waals surface area contributed by atoms with E-state index >= 15 is 0 Å². The minimum atomic E-state index is 0.665. The lowest BCUT2D eigenvalue weighted by molar-refractivity contribution is 0.232. The predicted octanol–water partition coefficient (Wildman–Crippen LogP) is 1.16. The molecule has 1 saturated heterocycles. The van der Waals surface area contributed by atoms with Gasteiger partial charge in [0.15, 0.2) is 0 Å². The lowest BCUT2D eigenvalue weighted by Gasteiger charge is -2.35. The largest absolute Gasteiger partial charge is 0.338 e. The average Bonchev–Trinajstić information content (AvgIpc) is 2.40. The highest BCUT2D eigenvalue weighted by Gasteiger charge is 2.19. The topological polar surface area (TPSA) is 32.3 Å². The van der Waals surface area contributed by atoms with E-state index in [9.17, 15) is 0 Å². The van der Waals surface area contributed by atoms with E-state index in [0.717, 1.165) is 44.4 Å². The van der Waals surface area contributed by atoms with E-state index < -0.39 is 0 Å². The number of rotatable bonds is 4. The van der Waals surface area contributed by atoms with Crippen LogP contribution in [0.25, 0.3) is 0 Å². The molecule has 0 radical (unpaired) electrons. The van der Waals surface area contributed by atoms with Gasteiger partial charge >= 0.3 is 0 Å². The fourth-order valence-corrected chi connectivity index (χ4v) is 2.20. The molecule has 0 saturated carbocycles. The van der Waals surface area contributed by atoms with Crippen LogP contribution in [0.1, 0.15) is 6.92 Å². The van der Waals surface area contributed by atoms with Gasteiger partial charge in [0.25, 0.3) is 0 Å². The van der Waals surface area contributed by atoms with Gasteiger partial charge in [-0.05, 0) is 17.7 Å². The zero-order valence-electron chi connectivity index (χ0n) is 10.3. The second-order valence-electron chi connectivity index (χ2n) is 4.62. The molecule has 94 valence electrons. The fraction of sp³-hybridized carbons (Fsp3) is 0.667. The summed E-state index contributed by atoms with van der Waals surface area (Å²) in [4.78, 5) is 13.3. The van der Waals surface area contributed by atoms with Crippen molar-refractivity contribution in [3.63, 3.8) is 0 Å². The number of nitrogens with zero attached hydrogens (tertiary/aromatic N) is 4. The SMILES string of the molecule is CC(CS)CN1CCN(c2ncccn2)CC1. The fourth-order valence-electron chi connectivity index (χ4n) is 2.08. The van der Waals surface area contributed by atoms with Crippen molar-refractivity contribution >= 4 is 18.6 Å². The molecule has 1 atom stereocenters. The van der Waals surface area contributed by atoms with Crippen LogP contribution in [0.5, 0.6) is 0 Å². The van der Waals surface area contributed by atoms with Crippen molar-refractivity contribution in [2.75, 3.05) is 43.4 Å². The summed E-state index contributed by atoms with van der Waals surface area (Å²) in [5.74, 6) is 2.48. The number of hydrogen-bond acceptors (Lipinski definition) is 5. The maximum Gasteiger partial charge on any atom is 0.225 e. The summed E-state index contributed by atoms with van der Waals surface area (Å²) in [7, 11) is 0. The standard InChI is InChI=1S/C12H20N4S/c1-11(10-17)9-15-5-7-16(8-6-15)12-13-3-2-4-14-12/h2-4,11,17H,5-10H2,1H3. The van der Waals surface area contributed by atoms with E-state index in [1.165, 1.54) is 0 Å².